The van der Waals surface area contributed by atoms with Gasteiger partial charge in [0.1, 0.15) is 12.2 Å². The molecule has 3 heterocycles. The molecule has 0 spiro atoms. The molecule has 2 fully saturated rings. The highest BCUT2D eigenvalue weighted by atomic mass is 19.4. The molecule has 1 atom stereocenters. The predicted octanol–water partition coefficient (Wildman–Crippen LogP) is 5.00. The molecule has 1 saturated heterocycles. The number of carbonyl (C=O) groups excluding carboxylic acids is 1. The molecule has 2 aromatic carbocycles. The van der Waals surface area contributed by atoms with E-state index in [-0.39, 0.29) is 41.5 Å². The maximum Gasteiger partial charge on any atom is 0.416 e. The van der Waals surface area contributed by atoms with Crippen LogP contribution < -0.4 is 4.90 Å². The maximum atomic E-state index is 14.4. The van der Waals surface area contributed by atoms with Crippen molar-refractivity contribution in [1.82, 2.24) is 19.7 Å². The fourth-order valence-electron chi connectivity index (χ4n) is 7.12. The molecule has 1 N–H and O–H groups in total. The first kappa shape index (κ1) is 29.3. The average molecular weight is 593 g/mol. The SMILES string of the molecule is Cn1cnnc1C[C@]1(c2cccc(N3Cc4c(cc(CN5CCCCC(CO)C5)cc4C(F)(F)F)C3=O)c2)C[C@H](C#N)C1. The minimum atomic E-state index is -4.61. The van der Waals surface area contributed by atoms with Crippen molar-refractivity contribution in [1.29, 1.82) is 5.26 Å². The Morgan fingerprint density at radius 1 is 1.19 bits per heavy atom. The summed E-state index contributed by atoms with van der Waals surface area (Å²) in [6.45, 7) is 1.54. The van der Waals surface area contributed by atoms with Gasteiger partial charge in [0.15, 0.2) is 0 Å². The lowest BCUT2D eigenvalue weighted by Crippen LogP contribution is -2.43. The molecule has 0 radical (unpaired) electrons. The highest BCUT2D eigenvalue weighted by Crippen LogP contribution is 2.50. The molecule has 1 aliphatic carbocycles. The van der Waals surface area contributed by atoms with E-state index in [0.29, 0.717) is 43.6 Å². The van der Waals surface area contributed by atoms with E-state index in [1.165, 1.54) is 11.0 Å². The first-order chi connectivity index (χ1) is 20.6. The number of alkyl halides is 3. The number of nitrogens with zero attached hydrogens (tertiary/aromatic N) is 6. The van der Waals surface area contributed by atoms with Crippen molar-refractivity contribution in [2.75, 3.05) is 24.6 Å². The summed E-state index contributed by atoms with van der Waals surface area (Å²) in [5.74, 6) is 0.330. The van der Waals surface area contributed by atoms with E-state index >= 15 is 0 Å². The van der Waals surface area contributed by atoms with Crippen LogP contribution in [0.25, 0.3) is 0 Å². The van der Waals surface area contributed by atoms with E-state index in [9.17, 15) is 28.3 Å². The van der Waals surface area contributed by atoms with E-state index in [1.807, 2.05) is 29.8 Å². The van der Waals surface area contributed by atoms with Gasteiger partial charge in [-0.25, -0.2) is 0 Å². The molecule has 1 aromatic heterocycles. The first-order valence-corrected chi connectivity index (χ1v) is 14.8. The summed E-state index contributed by atoms with van der Waals surface area (Å²) in [5.41, 5.74) is 0.854. The van der Waals surface area contributed by atoms with Gasteiger partial charge < -0.3 is 14.6 Å². The van der Waals surface area contributed by atoms with Gasteiger partial charge >= 0.3 is 6.18 Å². The number of aliphatic hydroxyl groups excluding tert-OH is 1. The number of aryl methyl sites for hydroxylation is 1. The number of halogens is 3. The zero-order valence-corrected chi connectivity index (χ0v) is 24.1. The van der Waals surface area contributed by atoms with Crippen LogP contribution in [0.15, 0.2) is 42.7 Å². The molecule has 8 nitrogen and oxygen atoms in total. The summed E-state index contributed by atoms with van der Waals surface area (Å²) < 4.78 is 45.0. The van der Waals surface area contributed by atoms with Crippen LogP contribution in [0.1, 0.15) is 70.5 Å². The lowest BCUT2D eigenvalue weighted by Gasteiger charge is -2.45. The lowest BCUT2D eigenvalue weighted by molar-refractivity contribution is -0.138. The van der Waals surface area contributed by atoms with E-state index in [4.69, 9.17) is 0 Å². The third-order valence-corrected chi connectivity index (χ3v) is 9.45. The fourth-order valence-corrected chi connectivity index (χ4v) is 7.12. The lowest BCUT2D eigenvalue weighted by atomic mass is 9.57. The molecule has 2 aliphatic heterocycles. The summed E-state index contributed by atoms with van der Waals surface area (Å²) in [4.78, 5) is 17.3. The molecule has 226 valence electrons. The Kier molecular flexibility index (Phi) is 7.77. The van der Waals surface area contributed by atoms with Gasteiger partial charge in [-0.2, -0.15) is 18.4 Å². The molecular formula is C32H35F3N6O2. The Morgan fingerprint density at radius 3 is 2.70 bits per heavy atom. The number of hydrogen-bond donors (Lipinski definition) is 1. The quantitative estimate of drug-likeness (QED) is 0.415. The first-order valence-electron chi connectivity index (χ1n) is 14.8. The van der Waals surface area contributed by atoms with Crippen LogP contribution in [0.3, 0.4) is 0 Å². The monoisotopic (exact) mass is 592 g/mol. The minimum Gasteiger partial charge on any atom is -0.396 e. The number of nitriles is 1. The van der Waals surface area contributed by atoms with Crippen molar-refractivity contribution in [3.8, 4) is 6.07 Å². The maximum absolute atomic E-state index is 14.4. The Bertz CT molecular complexity index is 1560. The number of benzene rings is 2. The van der Waals surface area contributed by atoms with Gasteiger partial charge in [-0.3, -0.25) is 9.69 Å². The van der Waals surface area contributed by atoms with E-state index < -0.39 is 17.6 Å². The molecule has 3 aliphatic rings. The van der Waals surface area contributed by atoms with E-state index in [1.54, 1.807) is 18.5 Å². The zero-order valence-electron chi connectivity index (χ0n) is 24.1. The molecule has 1 amide bonds. The number of rotatable bonds is 7. The largest absolute Gasteiger partial charge is 0.416 e. The van der Waals surface area contributed by atoms with Gasteiger partial charge in [0, 0.05) is 55.7 Å². The number of hydrogen-bond acceptors (Lipinski definition) is 6. The standard InChI is InChI=1S/C32H35F3N6O2/c1-39-20-37-38-29(39)14-31(12-23(13-31)15-36)24-6-4-7-25(11-24)41-18-27-26(30(41)43)9-22(10-28(27)32(33,34)35)17-40-8-3-2-5-21(16-40)19-42/h4,6-7,9-11,20-21,23,42H,2-3,5,8,12-14,16-19H2,1H3/t21?,23-,31-. The van der Waals surface area contributed by atoms with Crippen molar-refractivity contribution in [3.05, 3.63) is 76.4 Å². The Labute approximate surface area is 248 Å². The molecule has 1 unspecified atom stereocenters. The van der Waals surface area contributed by atoms with Gasteiger partial charge in [-0.15, -0.1) is 10.2 Å². The number of anilines is 1. The van der Waals surface area contributed by atoms with Gasteiger partial charge in [0.25, 0.3) is 5.91 Å². The number of fused-ring (bicyclic) bond motifs is 1. The smallest absolute Gasteiger partial charge is 0.396 e. The summed E-state index contributed by atoms with van der Waals surface area (Å²) >= 11 is 0. The Morgan fingerprint density at radius 2 is 2.00 bits per heavy atom. The number of aliphatic hydroxyl groups is 1. The minimum absolute atomic E-state index is 0.00209. The Balaban J connectivity index is 1.31. The van der Waals surface area contributed by atoms with Crippen LogP contribution in [0.2, 0.25) is 0 Å². The van der Waals surface area contributed by atoms with Crippen molar-refractivity contribution < 1.29 is 23.1 Å². The van der Waals surface area contributed by atoms with Crippen molar-refractivity contribution in [2.45, 2.75) is 63.2 Å². The van der Waals surface area contributed by atoms with Crippen LogP contribution in [0.5, 0.6) is 0 Å². The molecule has 43 heavy (non-hydrogen) atoms. The van der Waals surface area contributed by atoms with Crippen LogP contribution in [0, 0.1) is 23.2 Å². The average Bonchev–Trinajstić information content (AvgIpc) is 3.43. The number of aromatic nitrogens is 3. The molecule has 11 heteroatoms. The zero-order chi connectivity index (χ0) is 30.4. The topological polar surface area (TPSA) is 98.3 Å². The molecule has 3 aromatic rings. The van der Waals surface area contributed by atoms with E-state index in [0.717, 1.165) is 37.2 Å². The van der Waals surface area contributed by atoms with Gasteiger partial charge in [0.05, 0.1) is 18.2 Å². The third-order valence-electron chi connectivity index (χ3n) is 9.45. The predicted molar refractivity (Wildman–Crippen MR) is 153 cm³/mol. The van der Waals surface area contributed by atoms with Crippen molar-refractivity contribution in [2.24, 2.45) is 18.9 Å². The summed E-state index contributed by atoms with van der Waals surface area (Å²) in [5, 5.41) is 27.4. The highest BCUT2D eigenvalue weighted by molar-refractivity contribution is 6.10. The van der Waals surface area contributed by atoms with Gasteiger partial charge in [0.2, 0.25) is 0 Å². The van der Waals surface area contributed by atoms with Crippen molar-refractivity contribution in [3.63, 3.8) is 0 Å². The van der Waals surface area contributed by atoms with Crippen LogP contribution in [-0.2, 0) is 38.1 Å². The second-order valence-corrected chi connectivity index (χ2v) is 12.4. The molecule has 0 bridgehead atoms. The van der Waals surface area contributed by atoms with Gasteiger partial charge in [-0.05, 0) is 79.1 Å². The van der Waals surface area contributed by atoms with Gasteiger partial charge in [-0.1, -0.05) is 18.6 Å². The second kappa shape index (κ2) is 11.4. The summed E-state index contributed by atoms with van der Waals surface area (Å²) in [6.07, 6.45) is 1.63. The Hall–Kier alpha value is -3.75. The van der Waals surface area contributed by atoms with Crippen molar-refractivity contribution >= 4 is 11.6 Å². The normalized spacial score (nSPS) is 24.4. The highest BCUT2D eigenvalue weighted by Gasteiger charge is 2.47. The molecule has 1 saturated carbocycles. The third kappa shape index (κ3) is 5.66. The number of amides is 1. The number of likely N-dealkylation sites (tertiary alicyclic amines) is 1. The van der Waals surface area contributed by atoms with Crippen LogP contribution >= 0.6 is 0 Å². The molecule has 6 rings (SSSR count). The van der Waals surface area contributed by atoms with Crippen LogP contribution in [0.4, 0.5) is 18.9 Å². The summed E-state index contributed by atoms with van der Waals surface area (Å²) in [6, 6.07) is 12.6. The van der Waals surface area contributed by atoms with E-state index in [2.05, 4.69) is 21.2 Å². The summed E-state index contributed by atoms with van der Waals surface area (Å²) in [7, 11) is 1.87. The van der Waals surface area contributed by atoms with Crippen LogP contribution in [-0.4, -0.2) is 50.4 Å². The second-order valence-electron chi connectivity index (χ2n) is 12.4. The number of carbonyl (C=O) groups is 1. The fraction of sp³-hybridized carbons (Fsp3) is 0.500. The molecular weight excluding hydrogens is 557 g/mol.